The maximum absolute atomic E-state index is 13.4. The monoisotopic (exact) mass is 468 g/mol. The summed E-state index contributed by atoms with van der Waals surface area (Å²) in [6.07, 6.45) is -1.18. The highest BCUT2D eigenvalue weighted by Gasteiger charge is 2.38. The number of benzene rings is 3. The van der Waals surface area contributed by atoms with E-state index in [9.17, 15) is 14.3 Å². The van der Waals surface area contributed by atoms with Crippen LogP contribution in [0.5, 0.6) is 0 Å². The fourth-order valence-corrected chi connectivity index (χ4v) is 4.15. The third-order valence-corrected chi connectivity index (χ3v) is 6.04. The Hall–Kier alpha value is -2.93. The van der Waals surface area contributed by atoms with Gasteiger partial charge in [0.1, 0.15) is 12.4 Å². The molecule has 1 N–H and O–H groups in total. The number of halogens is 2. The third-order valence-electron chi connectivity index (χ3n) is 5.79. The topological polar surface area (TPSA) is 53.0 Å². The third kappa shape index (κ3) is 6.32. The Balaban J connectivity index is 1.46. The van der Waals surface area contributed by atoms with E-state index in [2.05, 4.69) is 4.90 Å². The lowest BCUT2D eigenvalue weighted by atomic mass is 10.1. The van der Waals surface area contributed by atoms with Crippen LogP contribution in [0.15, 0.2) is 78.9 Å². The SMILES string of the molecule is O=C(OCc1ccccc1)N1C[C@@H](O)[C@H](N(Cc2ccc(F)cc2)Cc2ccc(Cl)cc2)C1. The average molecular weight is 469 g/mol. The van der Waals surface area contributed by atoms with Crippen molar-refractivity contribution >= 4 is 17.7 Å². The second-order valence-electron chi connectivity index (χ2n) is 8.24. The molecule has 172 valence electrons. The number of nitrogens with zero attached hydrogens (tertiary/aromatic N) is 2. The van der Waals surface area contributed by atoms with E-state index in [0.717, 1.165) is 16.7 Å². The van der Waals surface area contributed by atoms with E-state index in [-0.39, 0.29) is 25.0 Å². The first-order valence-corrected chi connectivity index (χ1v) is 11.2. The maximum atomic E-state index is 13.4. The zero-order chi connectivity index (χ0) is 23.2. The van der Waals surface area contributed by atoms with Gasteiger partial charge in [0.15, 0.2) is 0 Å². The first kappa shape index (κ1) is 23.2. The summed E-state index contributed by atoms with van der Waals surface area (Å²) in [5, 5.41) is 11.5. The summed E-state index contributed by atoms with van der Waals surface area (Å²) in [6, 6.07) is 23.0. The van der Waals surface area contributed by atoms with Gasteiger partial charge in [0, 0.05) is 24.7 Å². The molecule has 0 bridgehead atoms. The van der Waals surface area contributed by atoms with Gasteiger partial charge in [-0.3, -0.25) is 4.90 Å². The maximum Gasteiger partial charge on any atom is 0.410 e. The lowest BCUT2D eigenvalue weighted by Gasteiger charge is -2.30. The Labute approximate surface area is 198 Å². The normalized spacial score (nSPS) is 18.0. The Kier molecular flexibility index (Phi) is 7.60. The van der Waals surface area contributed by atoms with Crippen molar-refractivity contribution in [1.82, 2.24) is 9.80 Å². The van der Waals surface area contributed by atoms with E-state index in [1.54, 1.807) is 12.1 Å². The minimum absolute atomic E-state index is 0.182. The summed E-state index contributed by atoms with van der Waals surface area (Å²) in [4.78, 5) is 16.3. The molecule has 0 unspecified atom stereocenters. The number of hydrogen-bond acceptors (Lipinski definition) is 4. The lowest BCUT2D eigenvalue weighted by molar-refractivity contribution is 0.0728. The predicted molar refractivity (Wildman–Crippen MR) is 125 cm³/mol. The number of aliphatic hydroxyl groups is 1. The number of rotatable bonds is 7. The first-order chi connectivity index (χ1) is 16.0. The Morgan fingerprint density at radius 3 is 2.18 bits per heavy atom. The van der Waals surface area contributed by atoms with Gasteiger partial charge >= 0.3 is 6.09 Å². The molecule has 7 heteroatoms. The summed E-state index contributed by atoms with van der Waals surface area (Å²) in [6.45, 7) is 1.75. The standard InChI is InChI=1S/C26H26ClFN2O3/c27-22-10-6-19(7-11-22)14-29(15-20-8-12-23(28)13-9-20)24-16-30(17-25(24)31)26(32)33-18-21-4-2-1-3-5-21/h1-13,24-25,31H,14-18H2/t24-,25-/m1/s1. The van der Waals surface area contributed by atoms with E-state index < -0.39 is 12.2 Å². The summed E-state index contributed by atoms with van der Waals surface area (Å²) in [5.74, 6) is -0.295. The van der Waals surface area contributed by atoms with Crippen molar-refractivity contribution in [1.29, 1.82) is 0 Å². The van der Waals surface area contributed by atoms with Crippen LogP contribution in [0, 0.1) is 5.82 Å². The van der Waals surface area contributed by atoms with Gasteiger partial charge in [-0.1, -0.05) is 66.2 Å². The van der Waals surface area contributed by atoms with E-state index >= 15 is 0 Å². The molecule has 5 nitrogen and oxygen atoms in total. The van der Waals surface area contributed by atoms with Crippen molar-refractivity contribution in [3.63, 3.8) is 0 Å². The van der Waals surface area contributed by atoms with Gasteiger partial charge in [-0.25, -0.2) is 9.18 Å². The average Bonchev–Trinajstić information content (AvgIpc) is 3.22. The van der Waals surface area contributed by atoms with Crippen LogP contribution in [-0.4, -0.2) is 46.2 Å². The molecular formula is C26H26ClFN2O3. The van der Waals surface area contributed by atoms with Crippen LogP contribution in [-0.2, 0) is 24.4 Å². The first-order valence-electron chi connectivity index (χ1n) is 10.8. The molecule has 0 saturated carbocycles. The lowest BCUT2D eigenvalue weighted by Crippen LogP contribution is -2.42. The molecule has 0 aliphatic carbocycles. The summed E-state index contributed by atoms with van der Waals surface area (Å²) >= 11 is 6.02. The molecule has 4 rings (SSSR count). The molecular weight excluding hydrogens is 443 g/mol. The molecule has 1 aliphatic heterocycles. The fourth-order valence-electron chi connectivity index (χ4n) is 4.03. The van der Waals surface area contributed by atoms with Crippen molar-refractivity contribution in [2.24, 2.45) is 0 Å². The largest absolute Gasteiger partial charge is 0.445 e. The Bertz CT molecular complexity index is 1000. The van der Waals surface area contributed by atoms with E-state index in [1.165, 1.54) is 17.0 Å². The molecule has 3 aromatic carbocycles. The fraction of sp³-hybridized carbons (Fsp3) is 0.269. The van der Waals surface area contributed by atoms with E-state index in [0.29, 0.717) is 24.7 Å². The van der Waals surface area contributed by atoms with Gasteiger partial charge in [-0.2, -0.15) is 0 Å². The van der Waals surface area contributed by atoms with Crippen LogP contribution in [0.4, 0.5) is 9.18 Å². The molecule has 1 saturated heterocycles. The molecule has 1 heterocycles. The van der Waals surface area contributed by atoms with Crippen LogP contribution in [0.3, 0.4) is 0 Å². The highest BCUT2D eigenvalue weighted by atomic mass is 35.5. The van der Waals surface area contributed by atoms with Crippen molar-refractivity contribution in [3.8, 4) is 0 Å². The summed E-state index contributed by atoms with van der Waals surface area (Å²) in [5.41, 5.74) is 2.85. The number of amides is 1. The van der Waals surface area contributed by atoms with Gasteiger partial charge in [-0.15, -0.1) is 0 Å². The predicted octanol–water partition coefficient (Wildman–Crippen LogP) is 4.86. The molecule has 1 amide bonds. The van der Waals surface area contributed by atoms with Crippen molar-refractivity contribution in [2.75, 3.05) is 13.1 Å². The van der Waals surface area contributed by atoms with Crippen LogP contribution < -0.4 is 0 Å². The molecule has 0 aromatic heterocycles. The smallest absolute Gasteiger partial charge is 0.410 e. The van der Waals surface area contributed by atoms with Crippen molar-refractivity contribution in [2.45, 2.75) is 31.8 Å². The molecule has 0 spiro atoms. The van der Waals surface area contributed by atoms with Crippen LogP contribution in [0.1, 0.15) is 16.7 Å². The van der Waals surface area contributed by atoms with Crippen LogP contribution in [0.25, 0.3) is 0 Å². The number of aliphatic hydroxyl groups excluding tert-OH is 1. The van der Waals surface area contributed by atoms with Crippen LogP contribution >= 0.6 is 11.6 Å². The molecule has 2 atom stereocenters. The van der Waals surface area contributed by atoms with E-state index in [1.807, 2.05) is 54.6 Å². The Morgan fingerprint density at radius 2 is 1.55 bits per heavy atom. The zero-order valence-electron chi connectivity index (χ0n) is 18.1. The molecule has 3 aromatic rings. The van der Waals surface area contributed by atoms with Crippen molar-refractivity contribution < 1.29 is 19.0 Å². The molecule has 1 fully saturated rings. The van der Waals surface area contributed by atoms with Crippen molar-refractivity contribution in [3.05, 3.63) is 106 Å². The second kappa shape index (κ2) is 10.8. The highest BCUT2D eigenvalue weighted by molar-refractivity contribution is 6.30. The number of carbonyl (C=O) groups is 1. The molecule has 0 radical (unpaired) electrons. The van der Waals surface area contributed by atoms with Gasteiger partial charge in [0.2, 0.25) is 0 Å². The number of β-amino-alcohol motifs (C(OH)–C–C–N with tert-alkyl or cyclic N) is 1. The van der Waals surface area contributed by atoms with Crippen LogP contribution in [0.2, 0.25) is 5.02 Å². The zero-order valence-corrected chi connectivity index (χ0v) is 18.9. The minimum atomic E-state index is -0.734. The number of ether oxygens (including phenoxy) is 1. The molecule has 1 aliphatic rings. The quantitative estimate of drug-likeness (QED) is 0.538. The summed E-state index contributed by atoms with van der Waals surface area (Å²) in [7, 11) is 0. The highest BCUT2D eigenvalue weighted by Crippen LogP contribution is 2.23. The minimum Gasteiger partial charge on any atom is -0.445 e. The Morgan fingerprint density at radius 1 is 0.939 bits per heavy atom. The van der Waals surface area contributed by atoms with Gasteiger partial charge in [-0.05, 0) is 41.0 Å². The summed E-state index contributed by atoms with van der Waals surface area (Å²) < 4.78 is 18.8. The van der Waals surface area contributed by atoms with E-state index in [4.69, 9.17) is 16.3 Å². The van der Waals surface area contributed by atoms with Gasteiger partial charge in [0.25, 0.3) is 0 Å². The number of carbonyl (C=O) groups excluding carboxylic acids is 1. The van der Waals surface area contributed by atoms with Gasteiger partial charge in [0.05, 0.1) is 18.7 Å². The second-order valence-corrected chi connectivity index (χ2v) is 8.67. The number of hydrogen-bond donors (Lipinski definition) is 1. The molecule has 33 heavy (non-hydrogen) atoms. The number of likely N-dealkylation sites (tertiary alicyclic amines) is 1. The van der Waals surface area contributed by atoms with Gasteiger partial charge < -0.3 is 14.7 Å².